The minimum atomic E-state index is 0.422. The van der Waals surface area contributed by atoms with Gasteiger partial charge in [0.25, 0.3) is 0 Å². The molecule has 0 spiro atoms. The molecule has 0 saturated carbocycles. The minimum Gasteiger partial charge on any atom is -0.356 e. The Morgan fingerprint density at radius 3 is 2.85 bits per heavy atom. The summed E-state index contributed by atoms with van der Waals surface area (Å²) in [5.41, 5.74) is 2.86. The maximum absolute atomic E-state index is 3.64. The molecule has 0 aromatic heterocycles. The molecule has 0 bridgehead atoms. The number of benzene rings is 1. The van der Waals surface area contributed by atoms with E-state index in [0.29, 0.717) is 11.0 Å². The highest BCUT2D eigenvalue weighted by Gasteiger charge is 2.27. The zero-order valence-corrected chi connectivity index (χ0v) is 9.58. The van der Waals surface area contributed by atoms with Gasteiger partial charge in [-0.25, -0.2) is 0 Å². The number of hydrogen-bond donors (Lipinski definition) is 0. The molecule has 0 N–H and O–H groups in total. The van der Waals surface area contributed by atoms with E-state index in [9.17, 15) is 0 Å². The van der Waals surface area contributed by atoms with Crippen LogP contribution in [0.1, 0.15) is 19.4 Å². The largest absolute Gasteiger partial charge is 0.356 e. The summed E-state index contributed by atoms with van der Waals surface area (Å²) >= 11 is 3.64. The Morgan fingerprint density at radius 1 is 1.46 bits per heavy atom. The molecule has 1 aliphatic heterocycles. The summed E-state index contributed by atoms with van der Waals surface area (Å²) in [4.78, 5) is 2.85. The van der Waals surface area contributed by atoms with Crippen LogP contribution in [0.25, 0.3) is 0 Å². The van der Waals surface area contributed by atoms with Crippen LogP contribution >= 0.6 is 15.9 Å². The lowest BCUT2D eigenvalue weighted by Gasteiger charge is -2.27. The Kier molecular flexibility index (Phi) is 2.33. The summed E-state index contributed by atoms with van der Waals surface area (Å²) in [5, 5.41) is 0. The van der Waals surface area contributed by atoms with E-state index in [1.54, 1.807) is 0 Å². The summed E-state index contributed by atoms with van der Waals surface area (Å²) in [6, 6.07) is 9.28. The number of fused-ring (bicyclic) bond motifs is 1. The maximum Gasteiger partial charge on any atom is 0.0821 e. The van der Waals surface area contributed by atoms with Crippen molar-refractivity contribution >= 4 is 21.6 Å². The number of alkyl halides is 1. The fourth-order valence-electron chi connectivity index (χ4n) is 2.13. The average molecular weight is 240 g/mol. The molecule has 1 nitrogen and oxygen atoms in total. The Bertz CT molecular complexity index is 309. The number of para-hydroxylation sites is 1. The summed E-state index contributed by atoms with van der Waals surface area (Å²) in [6.45, 7) is 4.45. The van der Waals surface area contributed by atoms with E-state index in [1.165, 1.54) is 17.7 Å². The van der Waals surface area contributed by atoms with Crippen LogP contribution < -0.4 is 4.90 Å². The highest BCUT2D eigenvalue weighted by molar-refractivity contribution is 9.09. The predicted octanol–water partition coefficient (Wildman–Crippen LogP) is 3.18. The maximum atomic E-state index is 3.64. The van der Waals surface area contributed by atoms with Crippen molar-refractivity contribution in [2.24, 2.45) is 0 Å². The van der Waals surface area contributed by atoms with Gasteiger partial charge in [-0.3, -0.25) is 0 Å². The van der Waals surface area contributed by atoms with Crippen LogP contribution in [0.5, 0.6) is 0 Å². The van der Waals surface area contributed by atoms with Crippen molar-refractivity contribution in [3.05, 3.63) is 29.8 Å². The van der Waals surface area contributed by atoms with E-state index < -0.39 is 0 Å². The summed E-state index contributed by atoms with van der Waals surface area (Å²) in [5.74, 6) is 0. The van der Waals surface area contributed by atoms with Gasteiger partial charge in [0, 0.05) is 11.7 Å². The van der Waals surface area contributed by atoms with Gasteiger partial charge in [0.2, 0.25) is 0 Å². The smallest absolute Gasteiger partial charge is 0.0821 e. The molecule has 2 unspecified atom stereocenters. The van der Waals surface area contributed by atoms with E-state index in [-0.39, 0.29) is 0 Å². The monoisotopic (exact) mass is 239 g/mol. The van der Waals surface area contributed by atoms with Crippen LogP contribution in [0, 0.1) is 0 Å². The third kappa shape index (κ3) is 1.48. The Morgan fingerprint density at radius 2 is 2.15 bits per heavy atom. The van der Waals surface area contributed by atoms with Crippen LogP contribution in [0.3, 0.4) is 0 Å². The van der Waals surface area contributed by atoms with Crippen LogP contribution in [0.2, 0.25) is 0 Å². The third-order valence-corrected chi connectivity index (χ3v) is 3.08. The molecule has 0 fully saturated rings. The topological polar surface area (TPSA) is 3.24 Å². The molecule has 1 aromatic rings. The van der Waals surface area contributed by atoms with Crippen LogP contribution in [-0.4, -0.2) is 11.0 Å². The van der Waals surface area contributed by atoms with E-state index >= 15 is 0 Å². The normalized spacial score (nSPS) is 23.0. The second-order valence-electron chi connectivity index (χ2n) is 3.66. The van der Waals surface area contributed by atoms with Gasteiger partial charge < -0.3 is 4.90 Å². The van der Waals surface area contributed by atoms with Gasteiger partial charge in [-0.05, 0) is 31.9 Å². The first kappa shape index (κ1) is 9.07. The Labute approximate surface area is 87.9 Å². The zero-order valence-electron chi connectivity index (χ0n) is 8.00. The molecule has 1 aliphatic rings. The van der Waals surface area contributed by atoms with Crippen molar-refractivity contribution in [3.63, 3.8) is 0 Å². The minimum absolute atomic E-state index is 0.422. The molecule has 0 saturated heterocycles. The van der Waals surface area contributed by atoms with Gasteiger partial charge in [0.05, 0.1) is 4.95 Å². The van der Waals surface area contributed by atoms with Crippen molar-refractivity contribution in [1.82, 2.24) is 0 Å². The first-order valence-corrected chi connectivity index (χ1v) is 5.62. The molecule has 2 rings (SSSR count). The Hall–Kier alpha value is -0.500. The van der Waals surface area contributed by atoms with E-state index in [4.69, 9.17) is 0 Å². The first-order chi connectivity index (χ1) is 6.20. The van der Waals surface area contributed by atoms with E-state index in [2.05, 4.69) is 58.9 Å². The lowest BCUT2D eigenvalue weighted by molar-refractivity contribution is 0.674. The SMILES string of the molecule is CC(Br)N1c2ccccc2CC1C. The van der Waals surface area contributed by atoms with Gasteiger partial charge in [0.1, 0.15) is 0 Å². The molecule has 1 aromatic carbocycles. The van der Waals surface area contributed by atoms with Gasteiger partial charge in [0.15, 0.2) is 0 Å². The number of anilines is 1. The van der Waals surface area contributed by atoms with Crippen LogP contribution in [0.4, 0.5) is 5.69 Å². The lowest BCUT2D eigenvalue weighted by atomic mass is 10.1. The average Bonchev–Trinajstić information content (AvgIpc) is 2.39. The summed E-state index contributed by atoms with van der Waals surface area (Å²) in [6.07, 6.45) is 1.17. The third-order valence-electron chi connectivity index (χ3n) is 2.64. The highest BCUT2D eigenvalue weighted by atomic mass is 79.9. The number of hydrogen-bond acceptors (Lipinski definition) is 1. The van der Waals surface area contributed by atoms with Gasteiger partial charge in [-0.15, -0.1) is 0 Å². The second kappa shape index (κ2) is 3.33. The van der Waals surface area contributed by atoms with E-state index in [0.717, 1.165) is 0 Å². The molecule has 1 heterocycles. The van der Waals surface area contributed by atoms with Crippen LogP contribution in [-0.2, 0) is 6.42 Å². The molecule has 0 radical (unpaired) electrons. The molecule has 13 heavy (non-hydrogen) atoms. The molecular weight excluding hydrogens is 226 g/mol. The van der Waals surface area contributed by atoms with Crippen molar-refractivity contribution in [1.29, 1.82) is 0 Å². The van der Waals surface area contributed by atoms with Crippen molar-refractivity contribution in [2.75, 3.05) is 4.90 Å². The fourth-order valence-corrected chi connectivity index (χ4v) is 2.76. The van der Waals surface area contributed by atoms with Gasteiger partial charge >= 0.3 is 0 Å². The Balaban J connectivity index is 2.40. The second-order valence-corrected chi connectivity index (χ2v) is 4.99. The van der Waals surface area contributed by atoms with E-state index in [1.807, 2.05) is 0 Å². The zero-order chi connectivity index (χ0) is 9.42. The van der Waals surface area contributed by atoms with Crippen LogP contribution in [0.15, 0.2) is 24.3 Å². The highest BCUT2D eigenvalue weighted by Crippen LogP contribution is 2.34. The lowest BCUT2D eigenvalue weighted by Crippen LogP contribution is -2.33. The summed E-state index contributed by atoms with van der Waals surface area (Å²) in [7, 11) is 0. The fraction of sp³-hybridized carbons (Fsp3) is 0.455. The number of nitrogens with zero attached hydrogens (tertiary/aromatic N) is 1. The first-order valence-electron chi connectivity index (χ1n) is 4.70. The molecule has 0 amide bonds. The number of rotatable bonds is 1. The van der Waals surface area contributed by atoms with Gasteiger partial charge in [-0.2, -0.15) is 0 Å². The summed E-state index contributed by atoms with van der Waals surface area (Å²) < 4.78 is 0. The predicted molar refractivity (Wildman–Crippen MR) is 60.5 cm³/mol. The molecular formula is C11H14BrN. The molecule has 2 heteroatoms. The quantitative estimate of drug-likeness (QED) is 0.538. The molecule has 70 valence electrons. The molecule has 0 aliphatic carbocycles. The van der Waals surface area contributed by atoms with Gasteiger partial charge in [-0.1, -0.05) is 34.1 Å². The standard InChI is InChI=1S/C11H14BrN/c1-8-7-10-5-3-4-6-11(10)13(8)9(2)12/h3-6,8-9H,7H2,1-2H3. The van der Waals surface area contributed by atoms with Crippen molar-refractivity contribution in [2.45, 2.75) is 31.3 Å². The molecule has 2 atom stereocenters. The van der Waals surface area contributed by atoms with Crippen molar-refractivity contribution in [3.8, 4) is 0 Å². The van der Waals surface area contributed by atoms with Crippen molar-refractivity contribution < 1.29 is 0 Å². The number of halogens is 1.